The van der Waals surface area contributed by atoms with E-state index in [1.807, 2.05) is 19.2 Å². The number of carboxylic acids is 1. The zero-order chi connectivity index (χ0) is 18.1. The van der Waals surface area contributed by atoms with Crippen molar-refractivity contribution < 1.29 is 9.90 Å². The maximum absolute atomic E-state index is 11.1. The van der Waals surface area contributed by atoms with E-state index in [9.17, 15) is 4.79 Å². The predicted molar refractivity (Wildman–Crippen MR) is 98.8 cm³/mol. The maximum atomic E-state index is 11.1. The highest BCUT2D eigenvalue weighted by atomic mass is 16.4. The minimum Gasteiger partial charge on any atom is -0.478 e. The Labute approximate surface area is 149 Å². The summed E-state index contributed by atoms with van der Waals surface area (Å²) in [5, 5.41) is 12.5. The number of carbonyl (C=O) groups is 1. The normalized spacial score (nSPS) is 10.8. The number of nitrogens with one attached hydrogen (secondary N) is 1. The molecule has 0 radical (unpaired) electrons. The van der Waals surface area contributed by atoms with Crippen molar-refractivity contribution >= 4 is 5.97 Å². The fourth-order valence-corrected chi connectivity index (χ4v) is 2.86. The summed E-state index contributed by atoms with van der Waals surface area (Å²) in [5.74, 6) is -0.919. The van der Waals surface area contributed by atoms with E-state index in [2.05, 4.69) is 28.3 Å². The van der Waals surface area contributed by atoms with Crippen LogP contribution in [0.5, 0.6) is 0 Å². The molecule has 2 rings (SSSR count). The molecular formula is C20H27N3O2. The predicted octanol–water partition coefficient (Wildman–Crippen LogP) is 3.55. The van der Waals surface area contributed by atoms with Gasteiger partial charge in [-0.25, -0.2) is 4.79 Å². The number of hydrogen-bond donors (Lipinski definition) is 2. The Hall–Kier alpha value is -2.27. The standard InChI is InChI=1S/C20H27N3O2/c1-3-4-5-7-16-8-6-10-22-19(16)9-11-21-14-18-13-17(20(24)25)12-15(2)23-18/h6,8,10,12-13,21H,3-5,7,9,11,14H2,1-2H3,(H,24,25). The summed E-state index contributed by atoms with van der Waals surface area (Å²) in [5.41, 5.74) is 4.24. The monoisotopic (exact) mass is 341 g/mol. The van der Waals surface area contributed by atoms with Crippen molar-refractivity contribution in [2.24, 2.45) is 0 Å². The van der Waals surface area contributed by atoms with Crippen molar-refractivity contribution in [3.05, 3.63) is 58.7 Å². The summed E-state index contributed by atoms with van der Waals surface area (Å²) in [6, 6.07) is 7.38. The van der Waals surface area contributed by atoms with Crippen LogP contribution in [0.4, 0.5) is 0 Å². The number of aryl methyl sites for hydroxylation is 2. The molecule has 5 nitrogen and oxygen atoms in total. The Balaban J connectivity index is 1.86. The molecule has 5 heteroatoms. The van der Waals surface area contributed by atoms with Gasteiger partial charge in [-0.05, 0) is 43.5 Å². The Morgan fingerprint density at radius 2 is 2.08 bits per heavy atom. The van der Waals surface area contributed by atoms with Crippen LogP contribution in [0.25, 0.3) is 0 Å². The summed E-state index contributed by atoms with van der Waals surface area (Å²) >= 11 is 0. The molecule has 0 amide bonds. The molecule has 0 bridgehead atoms. The van der Waals surface area contributed by atoms with Crippen molar-refractivity contribution in [1.82, 2.24) is 15.3 Å². The van der Waals surface area contributed by atoms with E-state index in [1.165, 1.54) is 24.8 Å². The first-order valence-corrected chi connectivity index (χ1v) is 8.94. The molecule has 2 aromatic rings. The van der Waals surface area contributed by atoms with E-state index in [-0.39, 0.29) is 5.56 Å². The topological polar surface area (TPSA) is 75.1 Å². The number of pyridine rings is 2. The minimum absolute atomic E-state index is 0.284. The zero-order valence-corrected chi connectivity index (χ0v) is 15.1. The number of carboxylic acid groups (broad SMARTS) is 1. The second kappa shape index (κ2) is 9.89. The van der Waals surface area contributed by atoms with Gasteiger partial charge < -0.3 is 10.4 Å². The lowest BCUT2D eigenvalue weighted by Gasteiger charge is -2.10. The summed E-state index contributed by atoms with van der Waals surface area (Å²) in [6.45, 7) is 5.37. The van der Waals surface area contributed by atoms with Crippen LogP contribution in [0, 0.1) is 6.92 Å². The van der Waals surface area contributed by atoms with Gasteiger partial charge in [0.15, 0.2) is 0 Å². The lowest BCUT2D eigenvalue weighted by molar-refractivity contribution is 0.0696. The molecule has 0 atom stereocenters. The van der Waals surface area contributed by atoms with Crippen LogP contribution in [0.3, 0.4) is 0 Å². The fourth-order valence-electron chi connectivity index (χ4n) is 2.86. The highest BCUT2D eigenvalue weighted by molar-refractivity contribution is 5.87. The molecule has 0 saturated carbocycles. The van der Waals surface area contributed by atoms with Crippen LogP contribution in [-0.2, 0) is 19.4 Å². The first-order chi connectivity index (χ1) is 12.1. The first-order valence-electron chi connectivity index (χ1n) is 8.94. The van der Waals surface area contributed by atoms with Gasteiger partial charge in [0.2, 0.25) is 0 Å². The number of rotatable bonds is 10. The van der Waals surface area contributed by atoms with Crippen molar-refractivity contribution in [1.29, 1.82) is 0 Å². The second-order valence-corrected chi connectivity index (χ2v) is 6.29. The molecule has 25 heavy (non-hydrogen) atoms. The van der Waals surface area contributed by atoms with Crippen LogP contribution in [0.1, 0.15) is 59.2 Å². The fraction of sp³-hybridized carbons (Fsp3) is 0.450. The van der Waals surface area contributed by atoms with Gasteiger partial charge >= 0.3 is 5.97 Å². The summed E-state index contributed by atoms with van der Waals surface area (Å²) in [4.78, 5) is 20.0. The minimum atomic E-state index is -0.919. The SMILES string of the molecule is CCCCCc1cccnc1CCNCc1cc(C(=O)O)cc(C)n1. The third-order valence-corrected chi connectivity index (χ3v) is 4.13. The van der Waals surface area contributed by atoms with Gasteiger partial charge in [-0.15, -0.1) is 0 Å². The van der Waals surface area contributed by atoms with Crippen molar-refractivity contribution in [2.75, 3.05) is 6.54 Å². The van der Waals surface area contributed by atoms with Crippen LogP contribution in [0.15, 0.2) is 30.5 Å². The number of nitrogens with zero attached hydrogens (tertiary/aromatic N) is 2. The number of aromatic carboxylic acids is 1. The average molecular weight is 341 g/mol. The number of unbranched alkanes of at least 4 members (excludes halogenated alkanes) is 2. The molecular weight excluding hydrogens is 314 g/mol. The number of hydrogen-bond acceptors (Lipinski definition) is 4. The van der Waals surface area contributed by atoms with Gasteiger partial charge in [0.25, 0.3) is 0 Å². The molecule has 0 aromatic carbocycles. The van der Waals surface area contributed by atoms with Gasteiger partial charge in [0, 0.05) is 37.1 Å². The summed E-state index contributed by atoms with van der Waals surface area (Å²) in [6.07, 6.45) is 7.46. The van der Waals surface area contributed by atoms with Crippen LogP contribution in [-0.4, -0.2) is 27.6 Å². The quantitative estimate of drug-likeness (QED) is 0.646. The Bertz CT molecular complexity index is 701. The second-order valence-electron chi connectivity index (χ2n) is 6.29. The van der Waals surface area contributed by atoms with E-state index >= 15 is 0 Å². The van der Waals surface area contributed by atoms with E-state index in [1.54, 1.807) is 12.1 Å². The Kier molecular flexibility index (Phi) is 7.54. The highest BCUT2D eigenvalue weighted by Gasteiger charge is 2.07. The molecule has 0 aliphatic rings. The highest BCUT2D eigenvalue weighted by Crippen LogP contribution is 2.11. The molecule has 134 valence electrons. The smallest absolute Gasteiger partial charge is 0.335 e. The molecule has 2 heterocycles. The van der Waals surface area contributed by atoms with E-state index < -0.39 is 5.97 Å². The average Bonchev–Trinajstić information content (AvgIpc) is 2.59. The maximum Gasteiger partial charge on any atom is 0.335 e. The summed E-state index contributed by atoms with van der Waals surface area (Å²) in [7, 11) is 0. The van der Waals surface area contributed by atoms with Gasteiger partial charge in [-0.3, -0.25) is 9.97 Å². The molecule has 0 aliphatic carbocycles. The molecule has 0 unspecified atom stereocenters. The van der Waals surface area contributed by atoms with Gasteiger partial charge in [-0.1, -0.05) is 25.8 Å². The van der Waals surface area contributed by atoms with E-state index in [0.29, 0.717) is 6.54 Å². The van der Waals surface area contributed by atoms with E-state index in [0.717, 1.165) is 36.5 Å². The molecule has 0 fully saturated rings. The van der Waals surface area contributed by atoms with Crippen molar-refractivity contribution in [3.8, 4) is 0 Å². The number of aromatic nitrogens is 2. The Morgan fingerprint density at radius 3 is 2.84 bits per heavy atom. The lowest BCUT2D eigenvalue weighted by atomic mass is 10.0. The molecule has 0 aliphatic heterocycles. The molecule has 2 aromatic heterocycles. The third-order valence-electron chi connectivity index (χ3n) is 4.13. The van der Waals surface area contributed by atoms with Crippen LogP contribution < -0.4 is 5.32 Å². The zero-order valence-electron chi connectivity index (χ0n) is 15.1. The largest absolute Gasteiger partial charge is 0.478 e. The third kappa shape index (κ3) is 6.27. The van der Waals surface area contributed by atoms with Crippen molar-refractivity contribution in [3.63, 3.8) is 0 Å². The van der Waals surface area contributed by atoms with Gasteiger partial charge in [0.1, 0.15) is 0 Å². The molecule has 2 N–H and O–H groups in total. The van der Waals surface area contributed by atoms with Gasteiger partial charge in [0.05, 0.1) is 11.3 Å². The van der Waals surface area contributed by atoms with Crippen LogP contribution >= 0.6 is 0 Å². The molecule has 0 saturated heterocycles. The van der Waals surface area contributed by atoms with E-state index in [4.69, 9.17) is 5.11 Å². The molecule has 0 spiro atoms. The Morgan fingerprint density at radius 1 is 1.24 bits per heavy atom. The van der Waals surface area contributed by atoms with Crippen molar-refractivity contribution in [2.45, 2.75) is 52.5 Å². The van der Waals surface area contributed by atoms with Gasteiger partial charge in [-0.2, -0.15) is 0 Å². The first kappa shape index (κ1) is 19.1. The summed E-state index contributed by atoms with van der Waals surface area (Å²) < 4.78 is 0. The van der Waals surface area contributed by atoms with Crippen LogP contribution in [0.2, 0.25) is 0 Å². The lowest BCUT2D eigenvalue weighted by Crippen LogP contribution is -2.19.